The highest BCUT2D eigenvalue weighted by Gasteiger charge is 2.17. The second kappa shape index (κ2) is 3.78. The molecule has 0 amide bonds. The van der Waals surface area contributed by atoms with Gasteiger partial charge in [0, 0.05) is 17.6 Å². The van der Waals surface area contributed by atoms with Crippen molar-refractivity contribution in [1.82, 2.24) is 9.55 Å². The van der Waals surface area contributed by atoms with Crippen LogP contribution in [-0.4, -0.2) is 9.55 Å². The standard InChI is InChI=1S/C14H16N2/c1-11-10-12-6-2-3-7-13(12)16(11)14-8-4-5-9-15-14/h4-5,8-10H,2-3,6-7H2,1H3. The van der Waals surface area contributed by atoms with Gasteiger partial charge in [0.2, 0.25) is 0 Å². The third-order valence-electron chi connectivity index (χ3n) is 3.36. The Morgan fingerprint density at radius 1 is 1.19 bits per heavy atom. The van der Waals surface area contributed by atoms with Crippen molar-refractivity contribution in [1.29, 1.82) is 0 Å². The smallest absolute Gasteiger partial charge is 0.136 e. The number of fused-ring (bicyclic) bond motifs is 1. The molecule has 82 valence electrons. The average Bonchev–Trinajstić information content (AvgIpc) is 2.66. The summed E-state index contributed by atoms with van der Waals surface area (Å²) in [6.07, 6.45) is 6.93. The molecule has 2 heteroatoms. The largest absolute Gasteiger partial charge is 0.303 e. The van der Waals surface area contributed by atoms with Gasteiger partial charge in [0.25, 0.3) is 0 Å². The van der Waals surface area contributed by atoms with Gasteiger partial charge >= 0.3 is 0 Å². The van der Waals surface area contributed by atoms with E-state index in [1.807, 2.05) is 12.3 Å². The Morgan fingerprint density at radius 2 is 2.06 bits per heavy atom. The number of hydrogen-bond donors (Lipinski definition) is 0. The van der Waals surface area contributed by atoms with Crippen molar-refractivity contribution >= 4 is 0 Å². The van der Waals surface area contributed by atoms with Gasteiger partial charge in [0.05, 0.1) is 0 Å². The minimum absolute atomic E-state index is 1.06. The van der Waals surface area contributed by atoms with Crippen molar-refractivity contribution in [3.8, 4) is 5.82 Å². The van der Waals surface area contributed by atoms with E-state index in [0.29, 0.717) is 0 Å². The summed E-state index contributed by atoms with van der Waals surface area (Å²) in [5, 5.41) is 0. The third kappa shape index (κ3) is 1.45. The first-order chi connectivity index (χ1) is 7.86. The molecular weight excluding hydrogens is 196 g/mol. The topological polar surface area (TPSA) is 17.8 Å². The fourth-order valence-corrected chi connectivity index (χ4v) is 2.66. The van der Waals surface area contributed by atoms with Crippen LogP contribution >= 0.6 is 0 Å². The number of aromatic nitrogens is 2. The molecule has 0 aliphatic heterocycles. The van der Waals surface area contributed by atoms with Crippen LogP contribution < -0.4 is 0 Å². The lowest BCUT2D eigenvalue weighted by Crippen LogP contribution is -2.08. The minimum atomic E-state index is 1.06. The number of aryl methyl sites for hydroxylation is 2. The molecule has 2 aromatic rings. The molecule has 2 heterocycles. The molecule has 0 fully saturated rings. The third-order valence-corrected chi connectivity index (χ3v) is 3.36. The Morgan fingerprint density at radius 3 is 2.88 bits per heavy atom. The van der Waals surface area contributed by atoms with Crippen LogP contribution in [0, 0.1) is 6.92 Å². The van der Waals surface area contributed by atoms with Gasteiger partial charge in [-0.25, -0.2) is 4.98 Å². The Balaban J connectivity index is 2.17. The van der Waals surface area contributed by atoms with E-state index in [9.17, 15) is 0 Å². The number of rotatable bonds is 1. The highest BCUT2D eigenvalue weighted by atomic mass is 15.1. The zero-order chi connectivity index (χ0) is 11.0. The van der Waals surface area contributed by atoms with E-state index in [0.717, 1.165) is 5.82 Å². The van der Waals surface area contributed by atoms with Gasteiger partial charge in [0.1, 0.15) is 5.82 Å². The zero-order valence-electron chi connectivity index (χ0n) is 9.61. The van der Waals surface area contributed by atoms with Crippen molar-refractivity contribution in [3.63, 3.8) is 0 Å². The number of hydrogen-bond acceptors (Lipinski definition) is 1. The molecule has 2 nitrogen and oxygen atoms in total. The van der Waals surface area contributed by atoms with E-state index >= 15 is 0 Å². The number of pyridine rings is 1. The number of nitrogens with zero attached hydrogens (tertiary/aromatic N) is 2. The van der Waals surface area contributed by atoms with Crippen molar-refractivity contribution in [3.05, 3.63) is 47.4 Å². The first-order valence-electron chi connectivity index (χ1n) is 5.98. The summed E-state index contributed by atoms with van der Waals surface area (Å²) in [4.78, 5) is 4.45. The summed E-state index contributed by atoms with van der Waals surface area (Å²) in [7, 11) is 0. The molecule has 16 heavy (non-hydrogen) atoms. The van der Waals surface area contributed by atoms with Gasteiger partial charge < -0.3 is 4.57 Å². The van der Waals surface area contributed by atoms with E-state index in [4.69, 9.17) is 0 Å². The van der Waals surface area contributed by atoms with Crippen LogP contribution in [0.1, 0.15) is 29.8 Å². The van der Waals surface area contributed by atoms with E-state index in [2.05, 4.69) is 34.7 Å². The van der Waals surface area contributed by atoms with Crippen molar-refractivity contribution < 1.29 is 0 Å². The SMILES string of the molecule is Cc1cc2c(n1-c1ccccn1)CCCC2. The van der Waals surface area contributed by atoms with Gasteiger partial charge in [0.15, 0.2) is 0 Å². The molecule has 0 saturated heterocycles. The molecule has 3 rings (SSSR count). The van der Waals surface area contributed by atoms with Crippen LogP contribution in [0.2, 0.25) is 0 Å². The summed E-state index contributed by atoms with van der Waals surface area (Å²) in [6, 6.07) is 8.43. The molecule has 0 N–H and O–H groups in total. The molecule has 0 radical (unpaired) electrons. The van der Waals surface area contributed by atoms with E-state index in [1.54, 1.807) is 0 Å². The van der Waals surface area contributed by atoms with E-state index in [-0.39, 0.29) is 0 Å². The minimum Gasteiger partial charge on any atom is -0.303 e. The van der Waals surface area contributed by atoms with E-state index < -0.39 is 0 Å². The summed E-state index contributed by atoms with van der Waals surface area (Å²) in [5.41, 5.74) is 4.31. The van der Waals surface area contributed by atoms with Crippen LogP contribution in [0.15, 0.2) is 30.5 Å². The van der Waals surface area contributed by atoms with Gasteiger partial charge in [-0.2, -0.15) is 0 Å². The van der Waals surface area contributed by atoms with Crippen molar-refractivity contribution in [2.24, 2.45) is 0 Å². The highest BCUT2D eigenvalue weighted by Crippen LogP contribution is 2.26. The Labute approximate surface area is 95.9 Å². The zero-order valence-corrected chi connectivity index (χ0v) is 9.61. The maximum Gasteiger partial charge on any atom is 0.136 e. The molecular formula is C14H16N2. The molecule has 1 aliphatic carbocycles. The molecule has 0 saturated carbocycles. The van der Waals surface area contributed by atoms with Gasteiger partial charge in [-0.05, 0) is 56.4 Å². The summed E-state index contributed by atoms with van der Waals surface area (Å²) in [6.45, 7) is 2.17. The Kier molecular flexibility index (Phi) is 2.28. The first kappa shape index (κ1) is 9.64. The second-order valence-electron chi connectivity index (χ2n) is 4.49. The summed E-state index contributed by atoms with van der Waals surface area (Å²) < 4.78 is 2.31. The lowest BCUT2D eigenvalue weighted by molar-refractivity contribution is 0.659. The van der Waals surface area contributed by atoms with E-state index in [1.165, 1.54) is 42.6 Å². The molecule has 0 atom stereocenters. The summed E-state index contributed by atoms with van der Waals surface area (Å²) in [5.74, 6) is 1.06. The molecule has 2 aromatic heterocycles. The van der Waals surface area contributed by atoms with Crippen LogP contribution in [0.3, 0.4) is 0 Å². The Bertz CT molecular complexity index is 497. The van der Waals surface area contributed by atoms with Crippen molar-refractivity contribution in [2.45, 2.75) is 32.6 Å². The molecule has 0 aromatic carbocycles. The van der Waals surface area contributed by atoms with Crippen LogP contribution in [0.25, 0.3) is 5.82 Å². The fourth-order valence-electron chi connectivity index (χ4n) is 2.66. The lowest BCUT2D eigenvalue weighted by Gasteiger charge is -2.15. The predicted octanol–water partition coefficient (Wildman–Crippen LogP) is 3.06. The highest BCUT2D eigenvalue weighted by molar-refractivity contribution is 5.38. The fraction of sp³-hybridized carbons (Fsp3) is 0.357. The average molecular weight is 212 g/mol. The summed E-state index contributed by atoms with van der Waals surface area (Å²) >= 11 is 0. The van der Waals surface area contributed by atoms with Gasteiger partial charge in [-0.3, -0.25) is 0 Å². The molecule has 0 unspecified atom stereocenters. The molecule has 0 spiro atoms. The van der Waals surface area contributed by atoms with Crippen molar-refractivity contribution in [2.75, 3.05) is 0 Å². The lowest BCUT2D eigenvalue weighted by atomic mass is 9.98. The van der Waals surface area contributed by atoms with Gasteiger partial charge in [-0.1, -0.05) is 6.07 Å². The maximum absolute atomic E-state index is 4.45. The van der Waals surface area contributed by atoms with Crippen LogP contribution in [0.4, 0.5) is 0 Å². The second-order valence-corrected chi connectivity index (χ2v) is 4.49. The monoisotopic (exact) mass is 212 g/mol. The maximum atomic E-state index is 4.45. The van der Waals surface area contributed by atoms with Crippen LogP contribution in [0.5, 0.6) is 0 Å². The van der Waals surface area contributed by atoms with Crippen LogP contribution in [-0.2, 0) is 12.8 Å². The quantitative estimate of drug-likeness (QED) is 0.710. The molecule has 0 bridgehead atoms. The Hall–Kier alpha value is -1.57. The molecule has 1 aliphatic rings. The normalized spacial score (nSPS) is 14.8. The van der Waals surface area contributed by atoms with Gasteiger partial charge in [-0.15, -0.1) is 0 Å². The predicted molar refractivity (Wildman–Crippen MR) is 64.9 cm³/mol. The first-order valence-corrected chi connectivity index (χ1v) is 5.98.